The Bertz CT molecular complexity index is 512. The summed E-state index contributed by atoms with van der Waals surface area (Å²) >= 11 is 0. The van der Waals surface area contributed by atoms with Gasteiger partial charge in [-0.25, -0.2) is 4.79 Å². The first kappa shape index (κ1) is 13.2. The van der Waals surface area contributed by atoms with E-state index in [4.69, 9.17) is 10.8 Å². The third-order valence-electron chi connectivity index (χ3n) is 4.47. The maximum absolute atomic E-state index is 11.2. The molecule has 2 saturated heterocycles. The monoisotopic (exact) mass is 275 g/mol. The van der Waals surface area contributed by atoms with Crippen LogP contribution in [0.25, 0.3) is 0 Å². The Labute approximate surface area is 119 Å². The highest BCUT2D eigenvalue weighted by Gasteiger charge is 2.30. The van der Waals surface area contributed by atoms with Gasteiger partial charge in [-0.3, -0.25) is 4.90 Å². The van der Waals surface area contributed by atoms with Crippen LogP contribution in [0.3, 0.4) is 0 Å². The highest BCUT2D eigenvalue weighted by molar-refractivity contribution is 5.97. The molecular weight excluding hydrogens is 254 g/mol. The Morgan fingerprint density at radius 2 is 2.00 bits per heavy atom. The molecule has 0 aromatic heterocycles. The fraction of sp³-hybridized carbons (Fsp3) is 0.533. The predicted molar refractivity (Wildman–Crippen MR) is 79.2 cm³/mol. The molecule has 1 atom stereocenters. The van der Waals surface area contributed by atoms with Gasteiger partial charge in [0.05, 0.1) is 16.9 Å². The van der Waals surface area contributed by atoms with E-state index in [-0.39, 0.29) is 5.56 Å². The molecule has 0 aliphatic carbocycles. The van der Waals surface area contributed by atoms with Crippen molar-refractivity contribution in [2.45, 2.75) is 25.3 Å². The number of likely N-dealkylation sites (tertiary alicyclic amines) is 1. The number of carboxylic acids is 1. The largest absolute Gasteiger partial charge is 0.478 e. The van der Waals surface area contributed by atoms with Gasteiger partial charge in [0.15, 0.2) is 0 Å². The molecule has 2 aliphatic heterocycles. The van der Waals surface area contributed by atoms with Gasteiger partial charge in [0.25, 0.3) is 0 Å². The summed E-state index contributed by atoms with van der Waals surface area (Å²) < 4.78 is 0. The Kier molecular flexibility index (Phi) is 3.53. The maximum atomic E-state index is 11.2. The summed E-state index contributed by atoms with van der Waals surface area (Å²) in [5, 5.41) is 9.15. The predicted octanol–water partition coefficient (Wildman–Crippen LogP) is 1.64. The zero-order chi connectivity index (χ0) is 14.1. The molecule has 1 aromatic rings. The van der Waals surface area contributed by atoms with Gasteiger partial charge in [-0.05, 0) is 44.5 Å². The van der Waals surface area contributed by atoms with Crippen molar-refractivity contribution in [3.05, 3.63) is 23.8 Å². The minimum Gasteiger partial charge on any atom is -0.478 e. The second-order valence-electron chi connectivity index (χ2n) is 5.68. The Hall–Kier alpha value is -1.75. The van der Waals surface area contributed by atoms with Crippen molar-refractivity contribution in [3.8, 4) is 0 Å². The van der Waals surface area contributed by atoms with Crippen LogP contribution in [0.5, 0.6) is 0 Å². The number of aromatic carboxylic acids is 1. The van der Waals surface area contributed by atoms with E-state index in [1.54, 1.807) is 12.1 Å². The van der Waals surface area contributed by atoms with Crippen molar-refractivity contribution >= 4 is 17.3 Å². The summed E-state index contributed by atoms with van der Waals surface area (Å²) in [5.41, 5.74) is 7.49. The number of nitrogens with two attached hydrogens (primary N) is 1. The highest BCUT2D eigenvalue weighted by Crippen LogP contribution is 2.31. The average Bonchev–Trinajstić information content (AvgIpc) is 3.09. The molecule has 2 aliphatic rings. The Morgan fingerprint density at radius 3 is 2.70 bits per heavy atom. The first-order chi connectivity index (χ1) is 9.66. The number of para-hydroxylation sites is 1. The van der Waals surface area contributed by atoms with E-state index in [9.17, 15) is 4.79 Å². The van der Waals surface area contributed by atoms with Crippen molar-refractivity contribution in [2.24, 2.45) is 0 Å². The topological polar surface area (TPSA) is 69.8 Å². The maximum Gasteiger partial charge on any atom is 0.337 e. The van der Waals surface area contributed by atoms with Gasteiger partial charge in [0, 0.05) is 19.1 Å². The SMILES string of the molecule is Nc1c(C(=O)O)cccc1N1CCC(N2CCCC2)C1. The molecule has 108 valence electrons. The van der Waals surface area contributed by atoms with Crippen LogP contribution < -0.4 is 10.6 Å². The van der Waals surface area contributed by atoms with E-state index >= 15 is 0 Å². The molecule has 3 rings (SSSR count). The van der Waals surface area contributed by atoms with Gasteiger partial charge in [0.2, 0.25) is 0 Å². The first-order valence-corrected chi connectivity index (χ1v) is 7.27. The molecule has 0 amide bonds. The zero-order valence-corrected chi connectivity index (χ0v) is 11.6. The average molecular weight is 275 g/mol. The van der Waals surface area contributed by atoms with Gasteiger partial charge in [-0.1, -0.05) is 6.07 Å². The number of benzene rings is 1. The lowest BCUT2D eigenvalue weighted by molar-refractivity contribution is 0.0698. The molecule has 5 heteroatoms. The minimum absolute atomic E-state index is 0.201. The van der Waals surface area contributed by atoms with E-state index in [1.807, 2.05) is 6.07 Å². The summed E-state index contributed by atoms with van der Waals surface area (Å²) in [7, 11) is 0. The van der Waals surface area contributed by atoms with Crippen molar-refractivity contribution in [2.75, 3.05) is 36.8 Å². The van der Waals surface area contributed by atoms with Crippen molar-refractivity contribution in [1.82, 2.24) is 4.90 Å². The lowest BCUT2D eigenvalue weighted by Gasteiger charge is -2.25. The van der Waals surface area contributed by atoms with Crippen molar-refractivity contribution in [3.63, 3.8) is 0 Å². The molecule has 0 radical (unpaired) electrons. The molecule has 1 aromatic carbocycles. The third-order valence-corrected chi connectivity index (χ3v) is 4.47. The highest BCUT2D eigenvalue weighted by atomic mass is 16.4. The van der Waals surface area contributed by atoms with Crippen LogP contribution in [0.15, 0.2) is 18.2 Å². The van der Waals surface area contributed by atoms with Crippen LogP contribution in [0, 0.1) is 0 Å². The van der Waals surface area contributed by atoms with Gasteiger partial charge < -0.3 is 15.7 Å². The number of carbonyl (C=O) groups is 1. The minimum atomic E-state index is -0.959. The fourth-order valence-corrected chi connectivity index (χ4v) is 3.38. The van der Waals surface area contributed by atoms with Gasteiger partial charge in [-0.2, -0.15) is 0 Å². The summed E-state index contributed by atoms with van der Waals surface area (Å²) in [4.78, 5) is 15.9. The number of hydrogen-bond donors (Lipinski definition) is 2. The number of nitrogen functional groups attached to an aromatic ring is 1. The van der Waals surface area contributed by atoms with Gasteiger partial charge in [0.1, 0.15) is 0 Å². The summed E-state index contributed by atoms with van der Waals surface area (Å²) in [6.07, 6.45) is 3.73. The lowest BCUT2D eigenvalue weighted by atomic mass is 10.1. The van der Waals surface area contributed by atoms with Crippen molar-refractivity contribution < 1.29 is 9.90 Å². The zero-order valence-electron chi connectivity index (χ0n) is 11.6. The number of nitrogens with zero attached hydrogens (tertiary/aromatic N) is 2. The molecule has 1 unspecified atom stereocenters. The van der Waals surface area contributed by atoms with Crippen LogP contribution in [0.1, 0.15) is 29.6 Å². The van der Waals surface area contributed by atoms with Crippen LogP contribution in [-0.4, -0.2) is 48.2 Å². The number of carboxylic acid groups (broad SMARTS) is 1. The lowest BCUT2D eigenvalue weighted by Crippen LogP contribution is -2.35. The van der Waals surface area contributed by atoms with Crippen LogP contribution in [-0.2, 0) is 0 Å². The molecule has 2 heterocycles. The molecule has 0 spiro atoms. The van der Waals surface area contributed by atoms with E-state index in [0.29, 0.717) is 11.7 Å². The smallest absolute Gasteiger partial charge is 0.337 e. The van der Waals surface area contributed by atoms with Crippen LogP contribution >= 0.6 is 0 Å². The fourth-order valence-electron chi connectivity index (χ4n) is 3.38. The molecule has 5 nitrogen and oxygen atoms in total. The first-order valence-electron chi connectivity index (χ1n) is 7.27. The quantitative estimate of drug-likeness (QED) is 0.821. The number of anilines is 2. The van der Waals surface area contributed by atoms with Crippen LogP contribution in [0.2, 0.25) is 0 Å². The molecule has 20 heavy (non-hydrogen) atoms. The van der Waals surface area contributed by atoms with E-state index in [1.165, 1.54) is 25.9 Å². The van der Waals surface area contributed by atoms with E-state index in [0.717, 1.165) is 25.2 Å². The van der Waals surface area contributed by atoms with E-state index < -0.39 is 5.97 Å². The molecule has 3 N–H and O–H groups in total. The number of hydrogen-bond acceptors (Lipinski definition) is 4. The summed E-state index contributed by atoms with van der Waals surface area (Å²) in [5.74, 6) is -0.959. The standard InChI is InChI=1S/C15H21N3O2/c16-14-12(15(19)20)4-3-5-13(14)18-9-6-11(10-18)17-7-1-2-8-17/h3-5,11H,1-2,6-10,16H2,(H,19,20). The summed E-state index contributed by atoms with van der Waals surface area (Å²) in [6.45, 7) is 4.30. The normalized spacial score (nSPS) is 23.4. The molecule has 2 fully saturated rings. The molecule has 0 saturated carbocycles. The Morgan fingerprint density at radius 1 is 1.25 bits per heavy atom. The second kappa shape index (κ2) is 5.32. The van der Waals surface area contributed by atoms with Crippen LogP contribution in [0.4, 0.5) is 11.4 Å². The number of rotatable bonds is 3. The second-order valence-corrected chi connectivity index (χ2v) is 5.68. The molecule has 0 bridgehead atoms. The van der Waals surface area contributed by atoms with E-state index in [2.05, 4.69) is 9.80 Å². The summed E-state index contributed by atoms with van der Waals surface area (Å²) in [6, 6.07) is 5.85. The Balaban J connectivity index is 1.77. The van der Waals surface area contributed by atoms with Gasteiger partial charge in [-0.15, -0.1) is 0 Å². The third kappa shape index (κ3) is 2.33. The molecular formula is C15H21N3O2. The van der Waals surface area contributed by atoms with Crippen molar-refractivity contribution in [1.29, 1.82) is 0 Å². The van der Waals surface area contributed by atoms with Gasteiger partial charge >= 0.3 is 5.97 Å².